The zero-order chi connectivity index (χ0) is 25.1. The Bertz CT molecular complexity index is 1230. The number of hydrogen-bond acceptors (Lipinski definition) is 3. The van der Waals surface area contributed by atoms with Gasteiger partial charge in [0.2, 0.25) is 10.0 Å². The van der Waals surface area contributed by atoms with Gasteiger partial charge in [-0.3, -0.25) is 0 Å². The Balaban J connectivity index is 1.72. The van der Waals surface area contributed by atoms with Crippen molar-refractivity contribution >= 4 is 26.0 Å². The van der Waals surface area contributed by atoms with Gasteiger partial charge in [-0.1, -0.05) is 53.2 Å². The van der Waals surface area contributed by atoms with Gasteiger partial charge < -0.3 is 4.74 Å². The van der Waals surface area contributed by atoms with Crippen LogP contribution in [0, 0.1) is 0 Å². The first-order chi connectivity index (χ1) is 15.9. The summed E-state index contributed by atoms with van der Waals surface area (Å²) in [4.78, 5) is 0.154. The van der Waals surface area contributed by atoms with E-state index < -0.39 is 21.8 Å². The number of rotatable bonds is 8. The molecule has 0 bridgehead atoms. The van der Waals surface area contributed by atoms with Crippen LogP contribution in [0.2, 0.25) is 0 Å². The number of methoxy groups -OCH3 is 1. The van der Waals surface area contributed by atoms with Gasteiger partial charge in [0.05, 0.1) is 17.6 Å². The lowest BCUT2D eigenvalue weighted by atomic mass is 9.93. The second-order valence-corrected chi connectivity index (χ2v) is 11.0. The first-order valence-corrected chi connectivity index (χ1v) is 12.7. The van der Waals surface area contributed by atoms with Gasteiger partial charge in [0, 0.05) is 18.1 Å². The molecule has 0 saturated carbocycles. The number of benzene rings is 3. The van der Waals surface area contributed by atoms with E-state index in [0.717, 1.165) is 28.8 Å². The Morgan fingerprint density at radius 3 is 2.15 bits per heavy atom. The summed E-state index contributed by atoms with van der Waals surface area (Å²) in [7, 11) is -0.637. The average molecular weight is 556 g/mol. The summed E-state index contributed by atoms with van der Waals surface area (Å²) >= 11 is 3.46. The normalized spacial score (nSPS) is 13.2. The van der Waals surface area contributed by atoms with E-state index in [-0.39, 0.29) is 17.4 Å². The molecule has 0 spiro atoms. The molecule has 3 rings (SSSR count). The molecule has 0 unspecified atom stereocenters. The number of halogens is 4. The Morgan fingerprint density at radius 2 is 1.62 bits per heavy atom. The second kappa shape index (κ2) is 10.5. The molecule has 4 nitrogen and oxygen atoms in total. The molecule has 0 saturated heterocycles. The van der Waals surface area contributed by atoms with E-state index in [9.17, 15) is 21.6 Å². The maximum Gasteiger partial charge on any atom is 0.416 e. The fourth-order valence-corrected chi connectivity index (χ4v) is 5.43. The Kier molecular flexibility index (Phi) is 8.10. The number of sulfonamides is 1. The van der Waals surface area contributed by atoms with Gasteiger partial charge in [0.15, 0.2) is 0 Å². The van der Waals surface area contributed by atoms with Gasteiger partial charge in [-0.05, 0) is 65.4 Å². The van der Waals surface area contributed by atoms with Crippen molar-refractivity contribution in [3.8, 4) is 5.75 Å². The van der Waals surface area contributed by atoms with Crippen LogP contribution in [-0.2, 0) is 29.2 Å². The highest BCUT2D eigenvalue weighted by Gasteiger charge is 2.30. The van der Waals surface area contributed by atoms with E-state index in [0.29, 0.717) is 16.6 Å². The third-order valence-electron chi connectivity index (χ3n) is 5.63. The maximum atomic E-state index is 13.1. The molecular formula is C25H25BrF3NO3S. The van der Waals surface area contributed by atoms with Crippen LogP contribution in [-0.4, -0.2) is 26.9 Å². The Morgan fingerprint density at radius 1 is 1.00 bits per heavy atom. The van der Waals surface area contributed by atoms with Crippen LogP contribution in [0.3, 0.4) is 0 Å². The van der Waals surface area contributed by atoms with E-state index >= 15 is 0 Å². The highest BCUT2D eigenvalue weighted by molar-refractivity contribution is 9.10. The molecule has 0 aliphatic heterocycles. The molecule has 0 amide bonds. The van der Waals surface area contributed by atoms with Crippen molar-refractivity contribution in [2.24, 2.45) is 0 Å². The second-order valence-electron chi connectivity index (χ2n) is 8.09. The summed E-state index contributed by atoms with van der Waals surface area (Å²) in [6, 6.07) is 17.1. The van der Waals surface area contributed by atoms with Crippen LogP contribution in [0.4, 0.5) is 13.2 Å². The fraction of sp³-hybridized carbons (Fsp3) is 0.280. The molecule has 0 fully saturated rings. The molecule has 3 aromatic rings. The van der Waals surface area contributed by atoms with Crippen molar-refractivity contribution in [3.05, 3.63) is 93.5 Å². The molecule has 0 aliphatic rings. The Labute approximate surface area is 206 Å². The van der Waals surface area contributed by atoms with Crippen molar-refractivity contribution in [1.82, 2.24) is 4.31 Å². The molecule has 0 heterocycles. The highest BCUT2D eigenvalue weighted by Crippen LogP contribution is 2.32. The largest absolute Gasteiger partial charge is 0.497 e. The molecule has 182 valence electrons. The number of ether oxygens (including phenoxy) is 1. The SMILES string of the molecule is COc1ccc(CN(C)S(=O)(=O)c2ccc(C[C@H](C)c3ccc(C(F)(F)F)cc3)c(Br)c2)cc1. The first-order valence-electron chi connectivity index (χ1n) is 10.5. The predicted molar refractivity (Wildman–Crippen MR) is 129 cm³/mol. The van der Waals surface area contributed by atoms with Crippen molar-refractivity contribution in [3.63, 3.8) is 0 Å². The van der Waals surface area contributed by atoms with Crippen LogP contribution in [0.5, 0.6) is 5.75 Å². The monoisotopic (exact) mass is 555 g/mol. The number of hydrogen-bond donors (Lipinski definition) is 0. The van der Waals surface area contributed by atoms with Crippen molar-refractivity contribution < 1.29 is 26.3 Å². The lowest BCUT2D eigenvalue weighted by Crippen LogP contribution is -2.26. The topological polar surface area (TPSA) is 46.6 Å². The van der Waals surface area contributed by atoms with Gasteiger partial charge in [0.1, 0.15) is 5.75 Å². The van der Waals surface area contributed by atoms with Crippen molar-refractivity contribution in [2.75, 3.05) is 14.2 Å². The molecule has 0 aliphatic carbocycles. The molecule has 0 N–H and O–H groups in total. The molecule has 1 atom stereocenters. The van der Waals surface area contributed by atoms with E-state index in [1.54, 1.807) is 37.4 Å². The molecule has 3 aromatic carbocycles. The zero-order valence-electron chi connectivity index (χ0n) is 18.9. The smallest absolute Gasteiger partial charge is 0.416 e. The summed E-state index contributed by atoms with van der Waals surface area (Å²) < 4.78 is 71.6. The summed E-state index contributed by atoms with van der Waals surface area (Å²) in [6.45, 7) is 2.12. The maximum absolute atomic E-state index is 13.1. The van der Waals surface area contributed by atoms with Gasteiger partial charge in [-0.15, -0.1) is 0 Å². The highest BCUT2D eigenvalue weighted by atomic mass is 79.9. The first kappa shape index (κ1) is 26.2. The molecule has 0 aromatic heterocycles. The van der Waals surface area contributed by atoms with Crippen LogP contribution in [0.1, 0.15) is 35.1 Å². The molecule has 0 radical (unpaired) electrons. The molecule has 34 heavy (non-hydrogen) atoms. The minimum absolute atomic E-state index is 0.0567. The Hall–Kier alpha value is -2.36. The minimum atomic E-state index is -4.37. The third kappa shape index (κ3) is 6.20. The fourth-order valence-electron chi connectivity index (χ4n) is 3.56. The summed E-state index contributed by atoms with van der Waals surface area (Å²) in [5, 5.41) is 0. The molecule has 9 heteroatoms. The summed E-state index contributed by atoms with van der Waals surface area (Å²) in [6.07, 6.45) is -3.83. The van der Waals surface area contributed by atoms with E-state index in [1.165, 1.54) is 23.5 Å². The number of alkyl halides is 3. The van der Waals surface area contributed by atoms with Crippen LogP contribution >= 0.6 is 15.9 Å². The predicted octanol–water partition coefficient (Wildman–Crippen LogP) is 6.64. The van der Waals surface area contributed by atoms with Crippen molar-refractivity contribution in [1.29, 1.82) is 0 Å². The van der Waals surface area contributed by atoms with Crippen LogP contribution in [0.25, 0.3) is 0 Å². The van der Waals surface area contributed by atoms with Gasteiger partial charge in [0.25, 0.3) is 0 Å². The number of nitrogens with zero attached hydrogens (tertiary/aromatic N) is 1. The zero-order valence-corrected chi connectivity index (χ0v) is 21.3. The lowest BCUT2D eigenvalue weighted by molar-refractivity contribution is -0.137. The van der Waals surface area contributed by atoms with Crippen molar-refractivity contribution in [2.45, 2.75) is 36.9 Å². The lowest BCUT2D eigenvalue weighted by Gasteiger charge is -2.19. The van der Waals surface area contributed by atoms with E-state index in [4.69, 9.17) is 4.74 Å². The summed E-state index contributed by atoms with van der Waals surface area (Å²) in [5.74, 6) is 0.637. The standard InChI is InChI=1S/C25H25BrF3NO3S/c1-17(19-6-9-21(10-7-19)25(27,28)29)14-20-8-13-23(15-24(20)26)34(31,32)30(2)16-18-4-11-22(33-3)12-5-18/h4-13,15,17H,14,16H2,1-3H3/t17-/m0/s1. The average Bonchev–Trinajstić information content (AvgIpc) is 2.80. The summed E-state index contributed by atoms with van der Waals surface area (Å²) in [5.41, 5.74) is 1.78. The van der Waals surface area contributed by atoms with Gasteiger partial charge in [-0.25, -0.2) is 8.42 Å². The van der Waals surface area contributed by atoms with E-state index in [2.05, 4.69) is 15.9 Å². The minimum Gasteiger partial charge on any atom is -0.497 e. The molecular weight excluding hydrogens is 531 g/mol. The van der Waals surface area contributed by atoms with Crippen LogP contribution < -0.4 is 4.74 Å². The third-order valence-corrected chi connectivity index (χ3v) is 8.17. The quantitative estimate of drug-likeness (QED) is 0.313. The van der Waals surface area contributed by atoms with Crippen LogP contribution in [0.15, 0.2) is 76.1 Å². The van der Waals surface area contributed by atoms with E-state index in [1.807, 2.05) is 19.1 Å². The van der Waals surface area contributed by atoms with Gasteiger partial charge >= 0.3 is 6.18 Å². The van der Waals surface area contributed by atoms with Gasteiger partial charge in [-0.2, -0.15) is 17.5 Å².